The SMILES string of the molecule is FC1CCCC(c2ccccc2)C1. The molecule has 1 heteroatoms. The molecule has 2 unspecified atom stereocenters. The van der Waals surface area contributed by atoms with E-state index < -0.39 is 6.17 Å². The van der Waals surface area contributed by atoms with Gasteiger partial charge in [0.25, 0.3) is 0 Å². The van der Waals surface area contributed by atoms with E-state index in [-0.39, 0.29) is 0 Å². The highest BCUT2D eigenvalue weighted by atomic mass is 19.1. The maximum absolute atomic E-state index is 13.1. The molecule has 70 valence electrons. The van der Waals surface area contributed by atoms with Crippen LogP contribution in [0.1, 0.15) is 37.2 Å². The lowest BCUT2D eigenvalue weighted by atomic mass is 9.83. The summed E-state index contributed by atoms with van der Waals surface area (Å²) in [5.41, 5.74) is 1.31. The largest absolute Gasteiger partial charge is 0.247 e. The fourth-order valence-electron chi connectivity index (χ4n) is 2.16. The van der Waals surface area contributed by atoms with E-state index >= 15 is 0 Å². The van der Waals surface area contributed by atoms with Gasteiger partial charge in [-0.1, -0.05) is 30.3 Å². The molecule has 1 saturated carbocycles. The molecule has 1 aliphatic rings. The predicted octanol–water partition coefficient (Wildman–Crippen LogP) is 3.68. The van der Waals surface area contributed by atoms with Crippen molar-refractivity contribution < 1.29 is 4.39 Å². The van der Waals surface area contributed by atoms with Crippen molar-refractivity contribution in [1.82, 2.24) is 0 Å². The number of hydrogen-bond donors (Lipinski definition) is 0. The molecule has 0 nitrogen and oxygen atoms in total. The molecule has 0 spiro atoms. The highest BCUT2D eigenvalue weighted by Gasteiger charge is 2.22. The van der Waals surface area contributed by atoms with Crippen molar-refractivity contribution in [2.24, 2.45) is 0 Å². The van der Waals surface area contributed by atoms with Crippen molar-refractivity contribution in [2.45, 2.75) is 37.8 Å². The Balaban J connectivity index is 2.08. The number of hydrogen-bond acceptors (Lipinski definition) is 0. The minimum atomic E-state index is -0.570. The first kappa shape index (κ1) is 8.74. The van der Waals surface area contributed by atoms with Crippen molar-refractivity contribution in [3.05, 3.63) is 35.9 Å². The van der Waals surface area contributed by atoms with Crippen LogP contribution in [0.4, 0.5) is 4.39 Å². The summed E-state index contributed by atoms with van der Waals surface area (Å²) < 4.78 is 13.1. The first-order valence-electron chi connectivity index (χ1n) is 5.05. The molecular formula is C12H15F. The maximum atomic E-state index is 13.1. The van der Waals surface area contributed by atoms with E-state index in [9.17, 15) is 4.39 Å². The van der Waals surface area contributed by atoms with Crippen LogP contribution in [-0.2, 0) is 0 Å². The Morgan fingerprint density at radius 2 is 1.85 bits per heavy atom. The zero-order chi connectivity index (χ0) is 9.10. The second-order valence-electron chi connectivity index (χ2n) is 3.87. The van der Waals surface area contributed by atoms with Gasteiger partial charge in [0.15, 0.2) is 0 Å². The Hall–Kier alpha value is -0.850. The first-order valence-corrected chi connectivity index (χ1v) is 5.05. The zero-order valence-corrected chi connectivity index (χ0v) is 7.75. The van der Waals surface area contributed by atoms with Crippen LogP contribution in [0.25, 0.3) is 0 Å². The Morgan fingerprint density at radius 1 is 1.08 bits per heavy atom. The summed E-state index contributed by atoms with van der Waals surface area (Å²) in [4.78, 5) is 0. The molecule has 0 aliphatic heterocycles. The van der Waals surface area contributed by atoms with Crippen LogP contribution in [0.15, 0.2) is 30.3 Å². The molecular weight excluding hydrogens is 163 g/mol. The van der Waals surface area contributed by atoms with E-state index in [0.29, 0.717) is 5.92 Å². The highest BCUT2D eigenvalue weighted by Crippen LogP contribution is 2.33. The smallest absolute Gasteiger partial charge is 0.101 e. The average molecular weight is 178 g/mol. The quantitative estimate of drug-likeness (QED) is 0.615. The van der Waals surface area contributed by atoms with Crippen molar-refractivity contribution in [3.63, 3.8) is 0 Å². The summed E-state index contributed by atoms with van der Waals surface area (Å²) in [6.07, 6.45) is 3.12. The van der Waals surface area contributed by atoms with Gasteiger partial charge in [-0.2, -0.15) is 0 Å². The fourth-order valence-corrected chi connectivity index (χ4v) is 2.16. The second-order valence-corrected chi connectivity index (χ2v) is 3.87. The summed E-state index contributed by atoms with van der Waals surface area (Å²) in [6.45, 7) is 0. The normalized spacial score (nSPS) is 28.7. The van der Waals surface area contributed by atoms with Crippen LogP contribution in [0, 0.1) is 0 Å². The van der Waals surface area contributed by atoms with E-state index in [1.54, 1.807) is 0 Å². The van der Waals surface area contributed by atoms with Crippen molar-refractivity contribution in [3.8, 4) is 0 Å². The van der Waals surface area contributed by atoms with Gasteiger partial charge in [-0.15, -0.1) is 0 Å². The van der Waals surface area contributed by atoms with Gasteiger partial charge in [-0.05, 0) is 37.2 Å². The number of alkyl halides is 1. The number of rotatable bonds is 1. The Labute approximate surface area is 78.8 Å². The predicted molar refractivity (Wildman–Crippen MR) is 52.5 cm³/mol. The van der Waals surface area contributed by atoms with E-state index in [4.69, 9.17) is 0 Å². The van der Waals surface area contributed by atoms with Crippen LogP contribution >= 0.6 is 0 Å². The van der Waals surface area contributed by atoms with Gasteiger partial charge < -0.3 is 0 Å². The zero-order valence-electron chi connectivity index (χ0n) is 7.75. The third-order valence-corrected chi connectivity index (χ3v) is 2.88. The van der Waals surface area contributed by atoms with Crippen LogP contribution in [-0.4, -0.2) is 6.17 Å². The molecule has 0 bridgehead atoms. The van der Waals surface area contributed by atoms with Crippen molar-refractivity contribution in [2.75, 3.05) is 0 Å². The maximum Gasteiger partial charge on any atom is 0.101 e. The van der Waals surface area contributed by atoms with Gasteiger partial charge in [-0.25, -0.2) is 4.39 Å². The summed E-state index contributed by atoms with van der Waals surface area (Å²) in [5.74, 6) is 0.463. The molecule has 2 rings (SSSR count). The molecule has 0 amide bonds. The molecule has 0 aromatic heterocycles. The van der Waals surface area contributed by atoms with E-state index in [0.717, 1.165) is 25.7 Å². The Morgan fingerprint density at radius 3 is 2.54 bits per heavy atom. The van der Waals surface area contributed by atoms with Gasteiger partial charge in [0, 0.05) is 0 Å². The minimum Gasteiger partial charge on any atom is -0.247 e. The monoisotopic (exact) mass is 178 g/mol. The molecule has 0 radical (unpaired) electrons. The molecule has 1 aliphatic carbocycles. The summed E-state index contributed by atoms with van der Waals surface area (Å²) >= 11 is 0. The number of halogens is 1. The van der Waals surface area contributed by atoms with Crippen LogP contribution in [0.2, 0.25) is 0 Å². The van der Waals surface area contributed by atoms with E-state index in [2.05, 4.69) is 12.1 Å². The van der Waals surface area contributed by atoms with Crippen molar-refractivity contribution >= 4 is 0 Å². The molecule has 1 aromatic carbocycles. The first-order chi connectivity index (χ1) is 6.36. The van der Waals surface area contributed by atoms with Crippen LogP contribution in [0.5, 0.6) is 0 Å². The van der Waals surface area contributed by atoms with E-state index in [1.807, 2.05) is 18.2 Å². The van der Waals surface area contributed by atoms with Crippen LogP contribution < -0.4 is 0 Å². The molecule has 2 atom stereocenters. The third-order valence-electron chi connectivity index (χ3n) is 2.88. The summed E-state index contributed by atoms with van der Waals surface area (Å²) in [5, 5.41) is 0. The minimum absolute atomic E-state index is 0.463. The number of benzene rings is 1. The van der Waals surface area contributed by atoms with Gasteiger partial charge in [0.05, 0.1) is 0 Å². The molecule has 1 aromatic rings. The molecule has 0 heterocycles. The second kappa shape index (κ2) is 3.91. The molecule has 0 N–H and O–H groups in total. The van der Waals surface area contributed by atoms with E-state index in [1.165, 1.54) is 5.56 Å². The summed E-state index contributed by atoms with van der Waals surface area (Å²) in [6, 6.07) is 10.3. The summed E-state index contributed by atoms with van der Waals surface area (Å²) in [7, 11) is 0. The topological polar surface area (TPSA) is 0 Å². The van der Waals surface area contributed by atoms with Gasteiger partial charge in [0.2, 0.25) is 0 Å². The van der Waals surface area contributed by atoms with Gasteiger partial charge in [-0.3, -0.25) is 0 Å². The van der Waals surface area contributed by atoms with Crippen LogP contribution in [0.3, 0.4) is 0 Å². The average Bonchev–Trinajstić information content (AvgIpc) is 2.19. The fraction of sp³-hybridized carbons (Fsp3) is 0.500. The lowest BCUT2D eigenvalue weighted by Crippen LogP contribution is -2.14. The Bertz CT molecular complexity index is 255. The Kier molecular flexibility index (Phi) is 2.62. The lowest BCUT2D eigenvalue weighted by Gasteiger charge is -2.24. The molecule has 13 heavy (non-hydrogen) atoms. The lowest BCUT2D eigenvalue weighted by molar-refractivity contribution is 0.231. The van der Waals surface area contributed by atoms with Crippen molar-refractivity contribution in [1.29, 1.82) is 0 Å². The van der Waals surface area contributed by atoms with Gasteiger partial charge in [0.1, 0.15) is 6.17 Å². The molecule has 0 saturated heterocycles. The highest BCUT2D eigenvalue weighted by molar-refractivity contribution is 5.20. The third kappa shape index (κ3) is 2.09. The van der Waals surface area contributed by atoms with Gasteiger partial charge >= 0.3 is 0 Å². The standard InChI is InChI=1S/C12H15F/c13-12-8-4-7-11(9-12)10-5-2-1-3-6-10/h1-3,5-6,11-12H,4,7-9H2. The molecule has 1 fully saturated rings.